The Hall–Kier alpha value is -4.96. The first-order chi connectivity index (χ1) is 20.1. The average Bonchev–Trinajstić information content (AvgIpc) is 3.30. The van der Waals surface area contributed by atoms with Crippen molar-refractivity contribution in [2.24, 2.45) is 4.99 Å². The number of anilines is 1. The normalized spacial score (nSPS) is 11.5. The van der Waals surface area contributed by atoms with Crippen molar-refractivity contribution in [3.05, 3.63) is 89.0 Å². The highest BCUT2D eigenvalue weighted by atomic mass is 16.5. The maximum absolute atomic E-state index is 13.0. The van der Waals surface area contributed by atoms with Crippen LogP contribution in [-0.2, 0) is 14.3 Å². The minimum atomic E-state index is -0.586. The molecule has 4 rings (SSSR count). The number of carbonyl (C=O) groups excluding carboxylic acids is 3. The van der Waals surface area contributed by atoms with Gasteiger partial charge < -0.3 is 29.4 Å². The number of nitrogens with zero attached hydrogens (tertiary/aromatic N) is 3. The van der Waals surface area contributed by atoms with Crippen molar-refractivity contribution < 1.29 is 29.0 Å². The van der Waals surface area contributed by atoms with Gasteiger partial charge in [0.1, 0.15) is 0 Å². The zero-order chi connectivity index (χ0) is 30.4. The number of aromatic amines is 1. The van der Waals surface area contributed by atoms with Crippen LogP contribution in [0.5, 0.6) is 5.88 Å². The third kappa shape index (κ3) is 6.50. The fourth-order valence-electron chi connectivity index (χ4n) is 4.52. The molecule has 218 valence electrons. The second-order valence-corrected chi connectivity index (χ2v) is 9.77. The van der Waals surface area contributed by atoms with E-state index in [9.17, 15) is 19.5 Å². The largest absolute Gasteiger partial charge is 0.494 e. The molecule has 4 aromatic rings. The van der Waals surface area contributed by atoms with Gasteiger partial charge in [-0.3, -0.25) is 4.79 Å². The molecule has 1 heterocycles. The molecule has 0 aliphatic heterocycles. The summed E-state index contributed by atoms with van der Waals surface area (Å²) in [5.74, 6) is -1.38. The Labute approximate surface area is 244 Å². The first-order valence-corrected chi connectivity index (χ1v) is 13.5. The number of aromatic nitrogens is 1. The fourth-order valence-corrected chi connectivity index (χ4v) is 4.52. The third-order valence-electron chi connectivity index (χ3n) is 6.48. The number of H-pyrrole nitrogens is 1. The highest BCUT2D eigenvalue weighted by Crippen LogP contribution is 2.33. The summed E-state index contributed by atoms with van der Waals surface area (Å²) in [4.78, 5) is 49.1. The van der Waals surface area contributed by atoms with E-state index in [1.165, 1.54) is 4.90 Å². The second-order valence-electron chi connectivity index (χ2n) is 9.77. The smallest absolute Gasteiger partial charge is 0.340 e. The summed E-state index contributed by atoms with van der Waals surface area (Å²) >= 11 is 0. The van der Waals surface area contributed by atoms with Gasteiger partial charge in [-0.15, -0.1) is 0 Å². The van der Waals surface area contributed by atoms with E-state index in [2.05, 4.69) is 4.98 Å². The molecule has 3 aromatic carbocycles. The molecule has 0 saturated heterocycles. The molecule has 10 heteroatoms. The number of aromatic hydroxyl groups is 1. The number of hydrogen-bond acceptors (Lipinski definition) is 8. The van der Waals surface area contributed by atoms with Gasteiger partial charge in [-0.25, -0.2) is 14.6 Å². The molecule has 0 saturated carbocycles. The minimum Gasteiger partial charge on any atom is -0.494 e. The maximum atomic E-state index is 13.0. The highest BCUT2D eigenvalue weighted by molar-refractivity contribution is 6.22. The molecular weight excluding hydrogens is 536 g/mol. The molecule has 10 nitrogen and oxygen atoms in total. The summed E-state index contributed by atoms with van der Waals surface area (Å²) in [6.45, 7) is 4.01. The van der Waals surface area contributed by atoms with Gasteiger partial charge in [-0.2, -0.15) is 0 Å². The number of likely N-dealkylation sites (N-methyl/N-ethyl adjacent to an activating group) is 2. The number of amides is 1. The number of rotatable bonds is 10. The summed E-state index contributed by atoms with van der Waals surface area (Å²) in [6.07, 6.45) is 0. The number of ether oxygens (including phenoxy) is 2. The van der Waals surface area contributed by atoms with Crippen molar-refractivity contribution in [3.8, 4) is 5.88 Å². The number of fused-ring (bicyclic) bond motifs is 1. The quantitative estimate of drug-likeness (QED) is 0.205. The van der Waals surface area contributed by atoms with Crippen LogP contribution in [0.2, 0.25) is 0 Å². The van der Waals surface area contributed by atoms with Gasteiger partial charge in [0.05, 0.1) is 53.5 Å². The van der Waals surface area contributed by atoms with Crippen LogP contribution in [0.3, 0.4) is 0 Å². The van der Waals surface area contributed by atoms with Crippen LogP contribution in [0.4, 0.5) is 11.4 Å². The van der Waals surface area contributed by atoms with Gasteiger partial charge in [-0.1, -0.05) is 36.4 Å². The van der Waals surface area contributed by atoms with Gasteiger partial charge in [0.15, 0.2) is 5.88 Å². The number of benzene rings is 3. The van der Waals surface area contributed by atoms with E-state index in [0.29, 0.717) is 44.7 Å². The van der Waals surface area contributed by atoms with Crippen molar-refractivity contribution in [2.75, 3.05) is 45.8 Å². The van der Waals surface area contributed by atoms with Crippen molar-refractivity contribution in [1.29, 1.82) is 0 Å². The van der Waals surface area contributed by atoms with Crippen molar-refractivity contribution in [2.45, 2.75) is 13.8 Å². The second kappa shape index (κ2) is 13.1. The standard InChI is InChI=1S/C32H34N4O6/c1-6-41-31(39)21-13-15-23-25(17-21)34-30(38)28(23)29(20-11-9-8-10-12-20)33-22-14-16-26(24(18-22)32(40)42-7-2)36(5)27(37)19-35(3)4/h8-18,34,38H,6-7,19H2,1-5H3. The molecule has 1 aromatic heterocycles. The fraction of sp³-hybridized carbons (Fsp3) is 0.250. The first-order valence-electron chi connectivity index (χ1n) is 13.5. The van der Waals surface area contributed by atoms with E-state index >= 15 is 0 Å². The molecule has 0 spiro atoms. The van der Waals surface area contributed by atoms with Crippen LogP contribution < -0.4 is 4.90 Å². The van der Waals surface area contributed by atoms with Crippen LogP contribution >= 0.6 is 0 Å². The van der Waals surface area contributed by atoms with Gasteiger partial charge in [-0.05, 0) is 58.3 Å². The number of carbonyl (C=O) groups is 3. The summed E-state index contributed by atoms with van der Waals surface area (Å²) in [5, 5.41) is 11.7. The molecule has 0 aliphatic carbocycles. The van der Waals surface area contributed by atoms with E-state index < -0.39 is 11.9 Å². The van der Waals surface area contributed by atoms with Crippen LogP contribution in [0.25, 0.3) is 10.9 Å². The molecule has 0 aliphatic rings. The lowest BCUT2D eigenvalue weighted by Crippen LogP contribution is -2.35. The van der Waals surface area contributed by atoms with Gasteiger partial charge in [0.25, 0.3) is 0 Å². The molecule has 2 N–H and O–H groups in total. The van der Waals surface area contributed by atoms with E-state index in [4.69, 9.17) is 14.5 Å². The van der Waals surface area contributed by atoms with Crippen molar-refractivity contribution >= 4 is 45.8 Å². The van der Waals surface area contributed by atoms with Crippen LogP contribution in [0.1, 0.15) is 45.7 Å². The molecule has 1 amide bonds. The Morgan fingerprint density at radius 1 is 0.857 bits per heavy atom. The first kappa shape index (κ1) is 30.0. The summed E-state index contributed by atoms with van der Waals surface area (Å²) in [6, 6.07) is 19.2. The van der Waals surface area contributed by atoms with E-state index in [-0.39, 0.29) is 37.1 Å². The Bertz CT molecular complexity index is 1640. The molecule has 0 fully saturated rings. The number of hydrogen-bond donors (Lipinski definition) is 2. The third-order valence-corrected chi connectivity index (χ3v) is 6.48. The lowest BCUT2D eigenvalue weighted by molar-refractivity contribution is -0.118. The van der Waals surface area contributed by atoms with Crippen LogP contribution in [-0.4, -0.2) is 79.4 Å². The predicted octanol–water partition coefficient (Wildman–Crippen LogP) is 4.92. The summed E-state index contributed by atoms with van der Waals surface area (Å²) < 4.78 is 10.4. The Morgan fingerprint density at radius 3 is 2.21 bits per heavy atom. The van der Waals surface area contributed by atoms with Crippen LogP contribution in [0, 0.1) is 0 Å². The number of esters is 2. The number of aliphatic imine (C=N–C) groups is 1. The van der Waals surface area contributed by atoms with E-state index in [0.717, 1.165) is 0 Å². The lowest BCUT2D eigenvalue weighted by Gasteiger charge is -2.22. The zero-order valence-electron chi connectivity index (χ0n) is 24.3. The average molecular weight is 571 g/mol. The number of nitrogens with one attached hydrogen (secondary N) is 1. The van der Waals surface area contributed by atoms with Gasteiger partial charge in [0, 0.05) is 23.5 Å². The molecular formula is C32H34N4O6. The van der Waals surface area contributed by atoms with Crippen LogP contribution in [0.15, 0.2) is 71.7 Å². The molecule has 42 heavy (non-hydrogen) atoms. The Kier molecular flexibility index (Phi) is 9.39. The minimum absolute atomic E-state index is 0.134. The summed E-state index contributed by atoms with van der Waals surface area (Å²) in [7, 11) is 5.19. The monoisotopic (exact) mass is 570 g/mol. The SMILES string of the molecule is CCOC(=O)c1ccc2c(C(=Nc3ccc(N(C)C(=O)CN(C)C)c(C(=O)OCC)c3)c3ccccc3)c(O)[nH]c2c1. The van der Waals surface area contributed by atoms with E-state index in [1.807, 2.05) is 30.3 Å². The van der Waals surface area contributed by atoms with Crippen molar-refractivity contribution in [1.82, 2.24) is 9.88 Å². The van der Waals surface area contributed by atoms with E-state index in [1.54, 1.807) is 76.3 Å². The Morgan fingerprint density at radius 2 is 1.55 bits per heavy atom. The highest BCUT2D eigenvalue weighted by Gasteiger charge is 2.23. The van der Waals surface area contributed by atoms with Gasteiger partial charge in [0.2, 0.25) is 5.91 Å². The zero-order valence-corrected chi connectivity index (χ0v) is 24.3. The lowest BCUT2D eigenvalue weighted by atomic mass is 10.00. The molecule has 0 radical (unpaired) electrons. The predicted molar refractivity (Wildman–Crippen MR) is 162 cm³/mol. The van der Waals surface area contributed by atoms with Crippen molar-refractivity contribution in [3.63, 3.8) is 0 Å². The topological polar surface area (TPSA) is 125 Å². The molecule has 0 bridgehead atoms. The molecule has 0 atom stereocenters. The Balaban J connectivity index is 1.88. The molecule has 0 unspecified atom stereocenters. The van der Waals surface area contributed by atoms with Gasteiger partial charge >= 0.3 is 11.9 Å². The maximum Gasteiger partial charge on any atom is 0.340 e. The summed E-state index contributed by atoms with van der Waals surface area (Å²) in [5.41, 5.74) is 3.42.